The van der Waals surface area contributed by atoms with Crippen LogP contribution in [0.3, 0.4) is 0 Å². The number of hydrogen-bond donors (Lipinski definition) is 3. The average molecular weight is 424 g/mol. The van der Waals surface area contributed by atoms with Crippen LogP contribution in [0, 0.1) is 11.3 Å². The summed E-state index contributed by atoms with van der Waals surface area (Å²) in [5, 5.41) is 18.6. The first-order valence-electron chi connectivity index (χ1n) is 9.49. The van der Waals surface area contributed by atoms with E-state index in [1.807, 2.05) is 30.3 Å². The van der Waals surface area contributed by atoms with Crippen molar-refractivity contribution in [3.8, 4) is 34.1 Å². The molecule has 0 aliphatic heterocycles. The van der Waals surface area contributed by atoms with Crippen LogP contribution in [0.25, 0.3) is 22.3 Å². The van der Waals surface area contributed by atoms with Crippen molar-refractivity contribution in [1.82, 2.24) is 15.8 Å². The van der Waals surface area contributed by atoms with Crippen molar-refractivity contribution in [3.63, 3.8) is 0 Å². The molecular formula is C24H16N4O4. The fourth-order valence-corrected chi connectivity index (χ4v) is 3.17. The third-order valence-corrected chi connectivity index (χ3v) is 4.72. The molecule has 0 saturated heterocycles. The van der Waals surface area contributed by atoms with Gasteiger partial charge in [0.25, 0.3) is 5.91 Å². The van der Waals surface area contributed by atoms with Crippen molar-refractivity contribution in [1.29, 1.82) is 5.26 Å². The summed E-state index contributed by atoms with van der Waals surface area (Å²) in [7, 11) is 0. The number of nitriles is 1. The molecule has 0 aliphatic rings. The quantitative estimate of drug-likeness (QED) is 0.429. The van der Waals surface area contributed by atoms with Gasteiger partial charge in [-0.2, -0.15) is 5.26 Å². The van der Waals surface area contributed by atoms with Crippen molar-refractivity contribution < 1.29 is 19.1 Å². The standard InChI is InChI=1S/C24H16N4O4/c25-13-18-12-17(6-7-20(18)29)23(30)27-28-24(31)22-21(16-4-2-1-3-5-16)19(14-32-22)15-8-10-26-11-9-15/h1-12,14,29H,(H,27,30)(H,28,31). The Labute approximate surface area is 182 Å². The SMILES string of the molecule is N#Cc1cc(C(=O)NNC(=O)c2occ(-c3ccncc3)c2-c2ccccc2)ccc1O. The first kappa shape index (κ1) is 20.4. The molecule has 32 heavy (non-hydrogen) atoms. The Balaban J connectivity index is 1.61. The van der Waals surface area contributed by atoms with Crippen LogP contribution in [0.2, 0.25) is 0 Å². The van der Waals surface area contributed by atoms with Gasteiger partial charge in [0, 0.05) is 29.1 Å². The second-order valence-corrected chi connectivity index (χ2v) is 6.71. The van der Waals surface area contributed by atoms with Gasteiger partial charge in [0.2, 0.25) is 5.76 Å². The maximum absolute atomic E-state index is 12.9. The number of furan rings is 1. The Morgan fingerprint density at radius 3 is 2.38 bits per heavy atom. The van der Waals surface area contributed by atoms with E-state index in [-0.39, 0.29) is 22.6 Å². The molecule has 0 aliphatic carbocycles. The molecule has 0 spiro atoms. The fourth-order valence-electron chi connectivity index (χ4n) is 3.17. The molecule has 0 fully saturated rings. The van der Waals surface area contributed by atoms with Crippen molar-refractivity contribution in [3.05, 3.63) is 96.2 Å². The van der Waals surface area contributed by atoms with Crippen LogP contribution in [-0.4, -0.2) is 21.9 Å². The topological polar surface area (TPSA) is 128 Å². The highest BCUT2D eigenvalue weighted by molar-refractivity contribution is 6.04. The molecule has 4 rings (SSSR count). The minimum absolute atomic E-state index is 0.0201. The van der Waals surface area contributed by atoms with Crippen molar-refractivity contribution in [2.75, 3.05) is 0 Å². The van der Waals surface area contributed by atoms with E-state index >= 15 is 0 Å². The molecule has 3 N–H and O–H groups in total. The number of hydrogen-bond acceptors (Lipinski definition) is 6. The fraction of sp³-hybridized carbons (Fsp3) is 0. The van der Waals surface area contributed by atoms with Crippen LogP contribution < -0.4 is 10.9 Å². The third kappa shape index (κ3) is 4.04. The minimum Gasteiger partial charge on any atom is -0.507 e. The number of nitrogens with zero attached hydrogens (tertiary/aromatic N) is 2. The second kappa shape index (κ2) is 8.85. The highest BCUT2D eigenvalue weighted by atomic mass is 16.3. The van der Waals surface area contributed by atoms with Gasteiger partial charge in [-0.3, -0.25) is 25.4 Å². The minimum atomic E-state index is -0.656. The Morgan fingerprint density at radius 1 is 0.938 bits per heavy atom. The number of hydrazine groups is 1. The van der Waals surface area contributed by atoms with Crippen LogP contribution in [0.1, 0.15) is 26.5 Å². The Morgan fingerprint density at radius 2 is 1.66 bits per heavy atom. The number of rotatable bonds is 4. The molecule has 2 aromatic carbocycles. The van der Waals surface area contributed by atoms with E-state index in [1.54, 1.807) is 30.6 Å². The zero-order chi connectivity index (χ0) is 22.5. The van der Waals surface area contributed by atoms with Crippen molar-refractivity contribution in [2.24, 2.45) is 0 Å². The summed E-state index contributed by atoms with van der Waals surface area (Å²) in [6.45, 7) is 0. The molecule has 2 amide bonds. The van der Waals surface area contributed by atoms with E-state index < -0.39 is 11.8 Å². The normalized spacial score (nSPS) is 10.2. The molecule has 0 radical (unpaired) electrons. The molecule has 0 saturated carbocycles. The van der Waals surface area contributed by atoms with E-state index in [1.165, 1.54) is 24.5 Å². The number of aromatic hydroxyl groups is 1. The van der Waals surface area contributed by atoms with Gasteiger partial charge in [-0.25, -0.2) is 0 Å². The molecule has 156 valence electrons. The lowest BCUT2D eigenvalue weighted by Crippen LogP contribution is -2.41. The molecule has 8 heteroatoms. The summed E-state index contributed by atoms with van der Waals surface area (Å²) in [4.78, 5) is 29.3. The number of amides is 2. The van der Waals surface area contributed by atoms with Gasteiger partial charge in [0.15, 0.2) is 0 Å². The predicted octanol–water partition coefficient (Wildman–Crippen LogP) is 3.66. The average Bonchev–Trinajstić information content (AvgIpc) is 3.29. The number of phenolic OH excluding ortho intramolecular Hbond substituents is 1. The number of carbonyl (C=O) groups excluding carboxylic acids is 2. The Kier molecular flexibility index (Phi) is 5.64. The van der Waals surface area contributed by atoms with E-state index in [4.69, 9.17) is 9.68 Å². The van der Waals surface area contributed by atoms with Gasteiger partial charge in [-0.05, 0) is 41.5 Å². The summed E-state index contributed by atoms with van der Waals surface area (Å²) in [5.74, 6) is -1.53. The second-order valence-electron chi connectivity index (χ2n) is 6.71. The maximum atomic E-state index is 12.9. The zero-order valence-electron chi connectivity index (χ0n) is 16.6. The zero-order valence-corrected chi connectivity index (χ0v) is 16.6. The first-order valence-corrected chi connectivity index (χ1v) is 9.49. The summed E-state index contributed by atoms with van der Waals surface area (Å²) in [5.41, 5.74) is 7.53. The monoisotopic (exact) mass is 424 g/mol. The highest BCUT2D eigenvalue weighted by Crippen LogP contribution is 2.36. The number of carbonyl (C=O) groups is 2. The highest BCUT2D eigenvalue weighted by Gasteiger charge is 2.23. The van der Waals surface area contributed by atoms with Crippen molar-refractivity contribution >= 4 is 11.8 Å². The van der Waals surface area contributed by atoms with E-state index in [2.05, 4.69) is 15.8 Å². The van der Waals surface area contributed by atoms with Gasteiger partial charge >= 0.3 is 5.91 Å². The Hall–Kier alpha value is -4.90. The number of pyridine rings is 1. The summed E-state index contributed by atoms with van der Waals surface area (Å²) in [6, 6.07) is 18.4. The summed E-state index contributed by atoms with van der Waals surface area (Å²) < 4.78 is 5.60. The molecule has 0 bridgehead atoms. The van der Waals surface area contributed by atoms with Crippen molar-refractivity contribution in [2.45, 2.75) is 0 Å². The third-order valence-electron chi connectivity index (χ3n) is 4.72. The lowest BCUT2D eigenvalue weighted by molar-refractivity contribution is 0.0831. The summed E-state index contributed by atoms with van der Waals surface area (Å²) in [6.07, 6.45) is 4.77. The number of phenols is 1. The van der Waals surface area contributed by atoms with E-state index in [0.29, 0.717) is 11.1 Å². The molecule has 0 atom stereocenters. The molecule has 8 nitrogen and oxygen atoms in total. The number of aromatic nitrogens is 1. The Bertz CT molecular complexity index is 1330. The van der Waals surface area contributed by atoms with Gasteiger partial charge in [0.1, 0.15) is 11.8 Å². The number of nitrogens with one attached hydrogen (secondary N) is 2. The molecular weight excluding hydrogens is 408 g/mol. The predicted molar refractivity (Wildman–Crippen MR) is 115 cm³/mol. The smallest absolute Gasteiger partial charge is 0.306 e. The van der Waals surface area contributed by atoms with Crippen LogP contribution in [0.5, 0.6) is 5.75 Å². The lowest BCUT2D eigenvalue weighted by atomic mass is 9.97. The van der Waals surface area contributed by atoms with Gasteiger partial charge in [-0.15, -0.1) is 0 Å². The molecule has 4 aromatic rings. The number of benzene rings is 2. The lowest BCUT2D eigenvalue weighted by Gasteiger charge is -2.09. The molecule has 0 unspecified atom stereocenters. The first-order chi connectivity index (χ1) is 15.6. The van der Waals surface area contributed by atoms with E-state index in [0.717, 1.165) is 11.1 Å². The van der Waals surface area contributed by atoms with Crippen LogP contribution >= 0.6 is 0 Å². The maximum Gasteiger partial charge on any atom is 0.306 e. The van der Waals surface area contributed by atoms with Crippen LogP contribution in [0.4, 0.5) is 0 Å². The van der Waals surface area contributed by atoms with E-state index in [9.17, 15) is 14.7 Å². The van der Waals surface area contributed by atoms with Crippen LogP contribution in [0.15, 0.2) is 83.7 Å². The van der Waals surface area contributed by atoms with Gasteiger partial charge in [-0.1, -0.05) is 30.3 Å². The largest absolute Gasteiger partial charge is 0.507 e. The summed E-state index contributed by atoms with van der Waals surface area (Å²) >= 11 is 0. The van der Waals surface area contributed by atoms with Gasteiger partial charge in [0.05, 0.1) is 11.8 Å². The van der Waals surface area contributed by atoms with Gasteiger partial charge < -0.3 is 9.52 Å². The molecule has 2 heterocycles. The van der Waals surface area contributed by atoms with Crippen LogP contribution in [-0.2, 0) is 0 Å². The molecule has 2 aromatic heterocycles.